The van der Waals surface area contributed by atoms with Crippen molar-refractivity contribution in [2.45, 2.75) is 90.1 Å². The molecule has 1 heterocycles. The van der Waals surface area contributed by atoms with Gasteiger partial charge in [0, 0.05) is 31.0 Å². The summed E-state index contributed by atoms with van der Waals surface area (Å²) in [5.74, 6) is -0.425. The molecule has 1 saturated carbocycles. The molecule has 2 fully saturated rings. The maximum absolute atomic E-state index is 12.3. The lowest BCUT2D eigenvalue weighted by Gasteiger charge is -2.36. The number of piperidine rings is 1. The quantitative estimate of drug-likeness (QED) is 0.688. The van der Waals surface area contributed by atoms with E-state index in [-0.39, 0.29) is 30.1 Å². The fourth-order valence-corrected chi connectivity index (χ4v) is 4.22. The molecule has 1 atom stereocenters. The minimum absolute atomic E-state index is 0.0115. The van der Waals surface area contributed by atoms with Crippen molar-refractivity contribution in [1.82, 2.24) is 10.2 Å². The van der Waals surface area contributed by atoms with Crippen LogP contribution in [0.2, 0.25) is 0 Å². The maximum Gasteiger partial charge on any atom is 0.253 e. The van der Waals surface area contributed by atoms with Gasteiger partial charge in [0.15, 0.2) is 5.78 Å². The summed E-state index contributed by atoms with van der Waals surface area (Å²) < 4.78 is 0. The van der Waals surface area contributed by atoms with Crippen molar-refractivity contribution in [3.05, 3.63) is 35.4 Å². The van der Waals surface area contributed by atoms with Gasteiger partial charge in [0.1, 0.15) is 5.60 Å². The highest BCUT2D eigenvalue weighted by Crippen LogP contribution is 2.28. The van der Waals surface area contributed by atoms with E-state index >= 15 is 0 Å². The molecule has 1 unspecified atom stereocenters. The van der Waals surface area contributed by atoms with E-state index in [2.05, 4.69) is 5.32 Å². The molecule has 178 valence electrons. The smallest absolute Gasteiger partial charge is 0.253 e. The molecule has 2 aliphatic rings. The third kappa shape index (κ3) is 8.38. The van der Waals surface area contributed by atoms with E-state index in [0.717, 1.165) is 18.4 Å². The number of amides is 2. The van der Waals surface area contributed by atoms with Crippen LogP contribution in [0.5, 0.6) is 0 Å². The second-order valence-corrected chi connectivity index (χ2v) is 9.47. The second-order valence-electron chi connectivity index (χ2n) is 9.47. The summed E-state index contributed by atoms with van der Waals surface area (Å²) in [6, 6.07) is 7.33. The lowest BCUT2D eigenvalue weighted by molar-refractivity contribution is -0.149. The molecule has 0 aromatic heterocycles. The van der Waals surface area contributed by atoms with Gasteiger partial charge < -0.3 is 15.3 Å². The van der Waals surface area contributed by atoms with Crippen LogP contribution in [0.15, 0.2) is 24.3 Å². The van der Waals surface area contributed by atoms with Crippen LogP contribution in [0.3, 0.4) is 0 Å². The van der Waals surface area contributed by atoms with Gasteiger partial charge >= 0.3 is 0 Å². The van der Waals surface area contributed by atoms with Crippen LogP contribution in [-0.4, -0.2) is 52.8 Å². The van der Waals surface area contributed by atoms with E-state index in [1.54, 1.807) is 17.9 Å². The van der Waals surface area contributed by atoms with Crippen LogP contribution < -0.4 is 5.32 Å². The van der Waals surface area contributed by atoms with Crippen molar-refractivity contribution in [1.29, 1.82) is 0 Å². The van der Waals surface area contributed by atoms with Crippen LogP contribution >= 0.6 is 0 Å². The zero-order valence-corrected chi connectivity index (χ0v) is 20.0. The molecular formula is C26H40N2O4. The minimum atomic E-state index is -1.38. The van der Waals surface area contributed by atoms with Crippen molar-refractivity contribution in [3.63, 3.8) is 0 Å². The largest absolute Gasteiger partial charge is 0.381 e. The Morgan fingerprint density at radius 3 is 2.25 bits per heavy atom. The molecule has 32 heavy (non-hydrogen) atoms. The van der Waals surface area contributed by atoms with Gasteiger partial charge in [-0.2, -0.15) is 0 Å². The first kappa shape index (κ1) is 26.0. The number of hydrogen-bond donors (Lipinski definition) is 2. The van der Waals surface area contributed by atoms with Crippen LogP contribution in [-0.2, 0) is 9.59 Å². The predicted octanol–water partition coefficient (Wildman–Crippen LogP) is 4.21. The maximum atomic E-state index is 12.3. The highest BCUT2D eigenvalue weighted by molar-refractivity contribution is 5.96. The SMILES string of the molecule is C1CCCCC1.CCC(=O)CNC(=O)c1cccc(C2CCCN(C(=O)C(C)(C)O)C2)c1. The molecule has 1 aliphatic carbocycles. The van der Waals surface area contributed by atoms with E-state index in [9.17, 15) is 19.5 Å². The molecule has 1 aromatic rings. The van der Waals surface area contributed by atoms with Gasteiger partial charge in [-0.05, 0) is 44.4 Å². The lowest BCUT2D eigenvalue weighted by Crippen LogP contribution is -2.48. The Kier molecular flexibility index (Phi) is 10.4. The normalized spacial score (nSPS) is 18.9. The molecule has 3 rings (SSSR count). The van der Waals surface area contributed by atoms with Crippen molar-refractivity contribution in [2.24, 2.45) is 0 Å². The fourth-order valence-electron chi connectivity index (χ4n) is 4.22. The fraction of sp³-hybridized carbons (Fsp3) is 0.654. The van der Waals surface area contributed by atoms with E-state index in [4.69, 9.17) is 0 Å². The third-order valence-corrected chi connectivity index (χ3v) is 6.19. The van der Waals surface area contributed by atoms with E-state index in [0.29, 0.717) is 25.1 Å². The number of benzene rings is 1. The Hall–Kier alpha value is -2.21. The number of nitrogens with one attached hydrogen (secondary N) is 1. The standard InChI is InChI=1S/C20H28N2O4.C6H12/c1-4-17(23)12-21-18(24)15-8-5-7-14(11-15)16-9-6-10-22(13-16)19(25)20(2,3)26;1-2-4-6-5-3-1/h5,7-8,11,16,26H,4,6,9-10,12-13H2,1-3H3,(H,21,24);1-6H2. The van der Waals surface area contributed by atoms with Gasteiger partial charge in [-0.25, -0.2) is 0 Å². The Morgan fingerprint density at radius 2 is 1.69 bits per heavy atom. The molecule has 0 spiro atoms. The van der Waals surface area contributed by atoms with Crippen LogP contribution in [0.4, 0.5) is 0 Å². The van der Waals surface area contributed by atoms with Gasteiger partial charge in [0.2, 0.25) is 0 Å². The van der Waals surface area contributed by atoms with Gasteiger partial charge in [-0.15, -0.1) is 0 Å². The summed E-state index contributed by atoms with van der Waals surface area (Å²) in [5, 5.41) is 12.6. The van der Waals surface area contributed by atoms with Crippen molar-refractivity contribution >= 4 is 17.6 Å². The molecule has 1 saturated heterocycles. The number of Topliss-reactive ketones (excluding diaryl/α,β-unsaturated/α-hetero) is 1. The molecule has 1 aliphatic heterocycles. The summed E-state index contributed by atoms with van der Waals surface area (Å²) in [5.41, 5.74) is 0.125. The summed E-state index contributed by atoms with van der Waals surface area (Å²) in [4.78, 5) is 37.6. The molecule has 6 nitrogen and oxygen atoms in total. The third-order valence-electron chi connectivity index (χ3n) is 6.19. The van der Waals surface area contributed by atoms with Gasteiger partial charge in [-0.3, -0.25) is 14.4 Å². The lowest BCUT2D eigenvalue weighted by atomic mass is 9.89. The summed E-state index contributed by atoms with van der Waals surface area (Å²) in [7, 11) is 0. The number of carbonyl (C=O) groups is 3. The summed E-state index contributed by atoms with van der Waals surface area (Å²) in [6.07, 6.45) is 11.2. The molecule has 1 aromatic carbocycles. The summed E-state index contributed by atoms with van der Waals surface area (Å²) >= 11 is 0. The first-order valence-corrected chi connectivity index (χ1v) is 12.1. The monoisotopic (exact) mass is 444 g/mol. The van der Waals surface area contributed by atoms with E-state index in [1.165, 1.54) is 52.4 Å². The topological polar surface area (TPSA) is 86.7 Å². The Labute approximate surface area is 192 Å². The van der Waals surface area contributed by atoms with Gasteiger partial charge in [0.25, 0.3) is 11.8 Å². The van der Waals surface area contributed by atoms with Gasteiger partial charge in [0.05, 0.1) is 6.54 Å². The number of hydrogen-bond acceptors (Lipinski definition) is 4. The molecule has 0 radical (unpaired) electrons. The number of aliphatic hydroxyl groups is 1. The molecule has 0 bridgehead atoms. The number of likely N-dealkylation sites (tertiary alicyclic amines) is 1. The zero-order chi connectivity index (χ0) is 23.6. The highest BCUT2D eigenvalue weighted by Gasteiger charge is 2.33. The molecule has 2 amide bonds. The number of carbonyl (C=O) groups excluding carboxylic acids is 3. The van der Waals surface area contributed by atoms with E-state index in [1.807, 2.05) is 18.2 Å². The first-order chi connectivity index (χ1) is 15.2. The second kappa shape index (κ2) is 12.7. The van der Waals surface area contributed by atoms with Crippen LogP contribution in [0.1, 0.15) is 100 Å². The Bertz CT molecular complexity index is 754. The first-order valence-electron chi connectivity index (χ1n) is 12.1. The van der Waals surface area contributed by atoms with Crippen molar-refractivity contribution in [2.75, 3.05) is 19.6 Å². The number of nitrogens with zero attached hydrogens (tertiary/aromatic N) is 1. The van der Waals surface area contributed by atoms with Gasteiger partial charge in [-0.1, -0.05) is 57.6 Å². The minimum Gasteiger partial charge on any atom is -0.381 e. The number of ketones is 1. The van der Waals surface area contributed by atoms with Crippen LogP contribution in [0.25, 0.3) is 0 Å². The van der Waals surface area contributed by atoms with Crippen LogP contribution in [0, 0.1) is 0 Å². The zero-order valence-electron chi connectivity index (χ0n) is 20.0. The van der Waals surface area contributed by atoms with Crippen molar-refractivity contribution in [3.8, 4) is 0 Å². The van der Waals surface area contributed by atoms with E-state index < -0.39 is 5.60 Å². The Balaban J connectivity index is 0.000000520. The average molecular weight is 445 g/mol. The Morgan fingerprint density at radius 1 is 1.06 bits per heavy atom. The average Bonchev–Trinajstić information content (AvgIpc) is 2.82. The predicted molar refractivity (Wildman–Crippen MR) is 127 cm³/mol. The molecular weight excluding hydrogens is 404 g/mol. The summed E-state index contributed by atoms with van der Waals surface area (Å²) in [6.45, 7) is 5.97. The highest BCUT2D eigenvalue weighted by atomic mass is 16.3. The molecule has 2 N–H and O–H groups in total. The number of rotatable bonds is 6. The molecule has 6 heteroatoms. The van der Waals surface area contributed by atoms with Crippen molar-refractivity contribution < 1.29 is 19.5 Å².